The number of sulfone groups is 1. The Morgan fingerprint density at radius 3 is 2.75 bits per heavy atom. The molecule has 2 saturated heterocycles. The quantitative estimate of drug-likeness (QED) is 0.489. The Morgan fingerprint density at radius 2 is 2.12 bits per heavy atom. The van der Waals surface area contributed by atoms with E-state index in [1.54, 1.807) is 6.92 Å². The van der Waals surface area contributed by atoms with Gasteiger partial charge >= 0.3 is 0 Å². The van der Waals surface area contributed by atoms with E-state index in [4.69, 9.17) is 14.3 Å². The normalized spacial score (nSPS) is 23.2. The van der Waals surface area contributed by atoms with E-state index in [9.17, 15) is 13.2 Å². The third-order valence-corrected chi connectivity index (χ3v) is 8.05. The van der Waals surface area contributed by atoms with Crippen molar-refractivity contribution in [2.75, 3.05) is 31.0 Å². The van der Waals surface area contributed by atoms with E-state index in [1.807, 2.05) is 30.0 Å². The Morgan fingerprint density at radius 1 is 1.34 bits per heavy atom. The number of nitrogens with zero attached hydrogens (tertiary/aromatic N) is 1. The van der Waals surface area contributed by atoms with Gasteiger partial charge in [-0.25, -0.2) is 18.7 Å². The fourth-order valence-corrected chi connectivity index (χ4v) is 4.71. The molecule has 1 aromatic rings. The van der Waals surface area contributed by atoms with Gasteiger partial charge in [-0.2, -0.15) is 0 Å². The van der Waals surface area contributed by atoms with Crippen molar-refractivity contribution in [3.05, 3.63) is 29.3 Å². The molecule has 0 aromatic heterocycles. The maximum Gasteiger partial charge on any atom is 0.264 e. The van der Waals surface area contributed by atoms with Crippen LogP contribution in [-0.4, -0.2) is 57.6 Å². The van der Waals surface area contributed by atoms with Crippen molar-refractivity contribution in [2.45, 2.75) is 63.6 Å². The van der Waals surface area contributed by atoms with Crippen molar-refractivity contribution >= 4 is 21.4 Å². The van der Waals surface area contributed by atoms with Gasteiger partial charge in [0.15, 0.2) is 20.9 Å². The molecule has 3 atom stereocenters. The lowest BCUT2D eigenvalue weighted by atomic mass is 10.0. The summed E-state index contributed by atoms with van der Waals surface area (Å²) in [6.07, 6.45) is 2.62. The topological polar surface area (TPSA) is 94.2 Å². The number of aryl methyl sites for hydroxylation is 1. The van der Waals surface area contributed by atoms with Crippen molar-refractivity contribution in [2.24, 2.45) is 0 Å². The van der Waals surface area contributed by atoms with Crippen molar-refractivity contribution in [1.29, 1.82) is 0 Å². The summed E-state index contributed by atoms with van der Waals surface area (Å²) in [4.78, 5) is 20.2. The van der Waals surface area contributed by atoms with Crippen LogP contribution in [0.1, 0.15) is 50.7 Å². The first-order valence-electron chi connectivity index (χ1n) is 10.8. The molecule has 2 aliphatic rings. The highest BCUT2D eigenvalue weighted by molar-refractivity contribution is 7.92. The number of hydrogen-bond acceptors (Lipinski definition) is 7. The minimum absolute atomic E-state index is 0.0153. The van der Waals surface area contributed by atoms with Crippen LogP contribution in [0, 0.1) is 18.8 Å². The second kappa shape index (κ2) is 10.2. The molecule has 1 N–H and O–H groups in total. The van der Waals surface area contributed by atoms with Crippen molar-refractivity contribution < 1.29 is 27.5 Å². The van der Waals surface area contributed by atoms with E-state index >= 15 is 0 Å². The smallest absolute Gasteiger partial charge is 0.264 e. The van der Waals surface area contributed by atoms with E-state index < -0.39 is 32.9 Å². The molecule has 8 nitrogen and oxygen atoms in total. The third kappa shape index (κ3) is 5.62. The summed E-state index contributed by atoms with van der Waals surface area (Å²) >= 11 is 0. The van der Waals surface area contributed by atoms with E-state index in [-0.39, 0.29) is 6.42 Å². The fraction of sp³-hybridized carbons (Fsp3) is 0.609. The number of carbonyl (C=O) groups excluding carboxylic acids is 1. The van der Waals surface area contributed by atoms with Gasteiger partial charge in [-0.3, -0.25) is 4.79 Å². The highest BCUT2D eigenvalue weighted by Gasteiger charge is 2.47. The number of benzene rings is 1. The summed E-state index contributed by atoms with van der Waals surface area (Å²) in [5.74, 6) is 5.25. The van der Waals surface area contributed by atoms with Crippen molar-refractivity contribution in [1.82, 2.24) is 5.48 Å². The van der Waals surface area contributed by atoms with Gasteiger partial charge in [-0.05, 0) is 57.4 Å². The van der Waals surface area contributed by atoms with Crippen LogP contribution in [0.5, 0.6) is 0 Å². The minimum Gasteiger partial charge on any atom is -0.356 e. The van der Waals surface area contributed by atoms with E-state index in [1.165, 1.54) is 6.92 Å². The number of rotatable bonds is 7. The van der Waals surface area contributed by atoms with E-state index in [0.717, 1.165) is 35.9 Å². The molecule has 32 heavy (non-hydrogen) atoms. The Kier molecular flexibility index (Phi) is 7.83. The number of hydroxylamine groups is 1. The molecule has 9 heteroatoms. The molecule has 2 unspecified atom stereocenters. The number of hydrogen-bond donors (Lipinski definition) is 1. The molecule has 2 fully saturated rings. The average Bonchev–Trinajstić information content (AvgIpc) is 3.21. The molecule has 0 aliphatic carbocycles. The van der Waals surface area contributed by atoms with Gasteiger partial charge in [0.1, 0.15) is 6.73 Å². The molecule has 0 saturated carbocycles. The first-order valence-corrected chi connectivity index (χ1v) is 12.7. The number of amides is 1. The molecule has 0 radical (unpaired) electrons. The number of nitrogens with one attached hydrogen (secondary N) is 1. The second-order valence-electron chi connectivity index (χ2n) is 8.57. The monoisotopic (exact) mass is 464 g/mol. The number of ether oxygens (including phenoxy) is 2. The molecular formula is C23H32N2O6S. The lowest BCUT2D eigenvalue weighted by molar-refractivity contribution is -0.201. The first kappa shape index (κ1) is 24.5. The van der Waals surface area contributed by atoms with Crippen LogP contribution in [0.2, 0.25) is 0 Å². The predicted molar refractivity (Wildman–Crippen MR) is 122 cm³/mol. The van der Waals surface area contributed by atoms with Crippen molar-refractivity contribution in [3.8, 4) is 11.8 Å². The van der Waals surface area contributed by atoms with E-state index in [0.29, 0.717) is 26.3 Å². The summed E-state index contributed by atoms with van der Waals surface area (Å²) in [5, 5.41) is 0. The first-order chi connectivity index (χ1) is 15.1. The van der Waals surface area contributed by atoms with Gasteiger partial charge in [0, 0.05) is 43.5 Å². The van der Waals surface area contributed by atoms with Crippen LogP contribution < -0.4 is 10.4 Å². The zero-order valence-electron chi connectivity index (χ0n) is 19.1. The van der Waals surface area contributed by atoms with Crippen LogP contribution in [0.4, 0.5) is 5.69 Å². The Balaban J connectivity index is 1.66. The van der Waals surface area contributed by atoms with Gasteiger partial charge in [0.05, 0.1) is 6.10 Å². The maximum atomic E-state index is 12.9. The van der Waals surface area contributed by atoms with Gasteiger partial charge in [-0.1, -0.05) is 5.92 Å². The Hall–Kier alpha value is -2.12. The van der Waals surface area contributed by atoms with E-state index in [2.05, 4.69) is 17.3 Å². The van der Waals surface area contributed by atoms with Crippen LogP contribution in [0.15, 0.2) is 18.2 Å². The Bertz CT molecular complexity index is 993. The standard InChI is InChI=1S/C23H32N2O6S/c1-5-8-18-10-11-19(13-17(18)2)25-15-20(30-16-25)14-23(3,32(4,27)28)22(26)24-31-21-9-6-7-12-29-21/h10-11,13,20-21H,6-7,9,12,14-16H2,1-4H3,(H,24,26)/t20-,21?,23?/m0/s1. The summed E-state index contributed by atoms with van der Waals surface area (Å²) in [6, 6.07) is 5.97. The Labute approximate surface area is 190 Å². The van der Waals surface area contributed by atoms with Crippen molar-refractivity contribution in [3.63, 3.8) is 0 Å². The van der Waals surface area contributed by atoms with Gasteiger partial charge < -0.3 is 14.4 Å². The predicted octanol–water partition coefficient (Wildman–Crippen LogP) is 2.30. The summed E-state index contributed by atoms with van der Waals surface area (Å²) in [7, 11) is -3.75. The zero-order chi connectivity index (χ0) is 23.4. The average molecular weight is 465 g/mol. The second-order valence-corrected chi connectivity index (χ2v) is 11.0. The van der Waals surface area contributed by atoms with Gasteiger partial charge in [0.2, 0.25) is 0 Å². The van der Waals surface area contributed by atoms with Gasteiger partial charge in [-0.15, -0.1) is 5.92 Å². The summed E-state index contributed by atoms with van der Waals surface area (Å²) < 4.78 is 34.8. The van der Waals surface area contributed by atoms with Gasteiger partial charge in [0.25, 0.3) is 5.91 Å². The SMILES string of the molecule is CC#Cc1ccc(N2CO[C@@H](CC(C)(C(=O)NOC3CCCCO3)S(C)(=O)=O)C2)cc1C. The largest absolute Gasteiger partial charge is 0.356 e. The molecule has 3 rings (SSSR count). The lowest BCUT2D eigenvalue weighted by Crippen LogP contribution is -2.53. The fourth-order valence-electron chi connectivity index (χ4n) is 3.85. The highest BCUT2D eigenvalue weighted by atomic mass is 32.2. The number of carbonyl (C=O) groups is 1. The maximum absolute atomic E-state index is 12.9. The highest BCUT2D eigenvalue weighted by Crippen LogP contribution is 2.30. The summed E-state index contributed by atoms with van der Waals surface area (Å²) in [5.41, 5.74) is 5.31. The lowest BCUT2D eigenvalue weighted by Gasteiger charge is -2.30. The van der Waals surface area contributed by atoms with Crippen LogP contribution in [0.3, 0.4) is 0 Å². The molecule has 0 bridgehead atoms. The minimum atomic E-state index is -3.75. The molecule has 176 valence electrons. The zero-order valence-corrected chi connectivity index (χ0v) is 20.0. The molecule has 1 aromatic carbocycles. The molecule has 1 amide bonds. The van der Waals surface area contributed by atoms with Crippen LogP contribution in [-0.2, 0) is 28.9 Å². The molecular weight excluding hydrogens is 432 g/mol. The summed E-state index contributed by atoms with van der Waals surface area (Å²) in [6.45, 7) is 6.56. The molecule has 2 heterocycles. The van der Waals surface area contributed by atoms with Crippen LogP contribution >= 0.6 is 0 Å². The third-order valence-electron chi connectivity index (χ3n) is 6.06. The van der Waals surface area contributed by atoms with Crippen LogP contribution in [0.25, 0.3) is 0 Å². The number of anilines is 1. The molecule has 2 aliphatic heterocycles. The molecule has 0 spiro atoms.